The molecule has 0 saturated carbocycles. The third kappa shape index (κ3) is 3.51. The predicted octanol–water partition coefficient (Wildman–Crippen LogP) is 3.72. The molecule has 112 valence electrons. The van der Waals surface area contributed by atoms with Gasteiger partial charge in [0.25, 0.3) is 0 Å². The van der Waals surface area contributed by atoms with Crippen LogP contribution in [0.2, 0.25) is 0 Å². The molecule has 2 rings (SSSR count). The summed E-state index contributed by atoms with van der Waals surface area (Å²) in [5, 5.41) is 0. The van der Waals surface area contributed by atoms with E-state index in [0.717, 1.165) is 16.1 Å². The van der Waals surface area contributed by atoms with Crippen LogP contribution in [0.3, 0.4) is 0 Å². The summed E-state index contributed by atoms with van der Waals surface area (Å²) >= 11 is 3.40. The molecule has 0 aromatic heterocycles. The number of hydrogen-bond acceptors (Lipinski definition) is 2. The number of halogens is 2. The van der Waals surface area contributed by atoms with Crippen LogP contribution >= 0.6 is 15.9 Å². The van der Waals surface area contributed by atoms with Gasteiger partial charge in [0.1, 0.15) is 5.82 Å². The van der Waals surface area contributed by atoms with Gasteiger partial charge >= 0.3 is 0 Å². The normalized spacial score (nSPS) is 11.9. The van der Waals surface area contributed by atoms with Crippen molar-refractivity contribution in [2.75, 3.05) is 7.05 Å². The zero-order valence-electron chi connectivity index (χ0n) is 11.7. The fourth-order valence-electron chi connectivity index (χ4n) is 2.02. The Labute approximate surface area is 132 Å². The largest absolute Gasteiger partial charge is 0.243 e. The lowest BCUT2D eigenvalue weighted by Crippen LogP contribution is -2.27. The fourth-order valence-corrected chi connectivity index (χ4v) is 3.78. The quantitative estimate of drug-likeness (QED) is 0.821. The summed E-state index contributed by atoms with van der Waals surface area (Å²) in [4.78, 5) is 0.124. The standard InChI is InChI=1S/C15H15BrFNO2S/c1-11-9-13(17)7-8-15(11)21(19,20)18(2)10-12-5-3-4-6-14(12)16/h3-9H,10H2,1-2H3. The van der Waals surface area contributed by atoms with Crippen LogP contribution in [0, 0.1) is 12.7 Å². The van der Waals surface area contributed by atoms with E-state index >= 15 is 0 Å². The Morgan fingerprint density at radius 2 is 1.86 bits per heavy atom. The highest BCUT2D eigenvalue weighted by Crippen LogP contribution is 2.23. The van der Waals surface area contributed by atoms with Crippen molar-refractivity contribution in [3.05, 3.63) is 63.9 Å². The van der Waals surface area contributed by atoms with Crippen LogP contribution in [0.15, 0.2) is 51.8 Å². The van der Waals surface area contributed by atoms with E-state index in [-0.39, 0.29) is 11.4 Å². The van der Waals surface area contributed by atoms with Gasteiger partial charge in [0.15, 0.2) is 0 Å². The number of rotatable bonds is 4. The summed E-state index contributed by atoms with van der Waals surface area (Å²) in [5.74, 6) is -0.445. The number of sulfonamides is 1. The Bertz CT molecular complexity index is 762. The predicted molar refractivity (Wildman–Crippen MR) is 83.9 cm³/mol. The average molecular weight is 372 g/mol. The maximum atomic E-state index is 13.1. The van der Waals surface area contributed by atoms with E-state index in [9.17, 15) is 12.8 Å². The smallest absolute Gasteiger partial charge is 0.207 e. The molecule has 0 atom stereocenters. The second kappa shape index (κ2) is 6.25. The van der Waals surface area contributed by atoms with Gasteiger partial charge in [0, 0.05) is 18.1 Å². The molecule has 0 heterocycles. The first-order chi connectivity index (χ1) is 9.82. The molecule has 6 heteroatoms. The minimum Gasteiger partial charge on any atom is -0.207 e. The lowest BCUT2D eigenvalue weighted by Gasteiger charge is -2.19. The van der Waals surface area contributed by atoms with Gasteiger partial charge in [0.2, 0.25) is 10.0 Å². The summed E-state index contributed by atoms with van der Waals surface area (Å²) in [6, 6.07) is 11.1. The molecule has 0 saturated heterocycles. The maximum Gasteiger partial charge on any atom is 0.243 e. The van der Waals surface area contributed by atoms with Crippen molar-refractivity contribution in [2.45, 2.75) is 18.4 Å². The Kier molecular flexibility index (Phi) is 4.81. The number of nitrogens with zero attached hydrogens (tertiary/aromatic N) is 1. The van der Waals surface area contributed by atoms with Gasteiger partial charge in [-0.1, -0.05) is 34.1 Å². The van der Waals surface area contributed by atoms with Gasteiger partial charge in [-0.25, -0.2) is 12.8 Å². The summed E-state index contributed by atoms with van der Waals surface area (Å²) in [7, 11) is -2.14. The first-order valence-corrected chi connectivity index (χ1v) is 8.51. The average Bonchev–Trinajstić information content (AvgIpc) is 2.40. The minimum absolute atomic E-state index is 0.124. The van der Waals surface area contributed by atoms with Gasteiger partial charge in [-0.15, -0.1) is 0 Å². The van der Waals surface area contributed by atoms with E-state index in [2.05, 4.69) is 15.9 Å². The van der Waals surface area contributed by atoms with Crippen molar-refractivity contribution in [1.82, 2.24) is 4.31 Å². The highest BCUT2D eigenvalue weighted by molar-refractivity contribution is 9.10. The third-order valence-corrected chi connectivity index (χ3v) is 5.91. The molecule has 0 amide bonds. The summed E-state index contributed by atoms with van der Waals surface area (Å²) < 4.78 is 40.4. The molecular formula is C15H15BrFNO2S. The second-order valence-corrected chi connectivity index (χ2v) is 7.63. The molecule has 0 radical (unpaired) electrons. The Hall–Kier alpha value is -1.24. The topological polar surface area (TPSA) is 37.4 Å². The number of hydrogen-bond donors (Lipinski definition) is 0. The van der Waals surface area contributed by atoms with Crippen molar-refractivity contribution < 1.29 is 12.8 Å². The van der Waals surface area contributed by atoms with E-state index in [1.807, 2.05) is 24.3 Å². The molecule has 0 aliphatic heterocycles. The lowest BCUT2D eigenvalue weighted by atomic mass is 10.2. The first kappa shape index (κ1) is 16.1. The second-order valence-electron chi connectivity index (χ2n) is 4.76. The molecule has 0 N–H and O–H groups in total. The van der Waals surface area contributed by atoms with E-state index in [0.29, 0.717) is 5.56 Å². The van der Waals surface area contributed by atoms with Crippen molar-refractivity contribution >= 4 is 26.0 Å². The monoisotopic (exact) mass is 371 g/mol. The van der Waals surface area contributed by atoms with E-state index in [1.54, 1.807) is 6.92 Å². The van der Waals surface area contributed by atoms with Crippen molar-refractivity contribution in [2.24, 2.45) is 0 Å². The van der Waals surface area contributed by atoms with Gasteiger partial charge in [-0.05, 0) is 42.3 Å². The molecule has 0 fully saturated rings. The van der Waals surface area contributed by atoms with Gasteiger partial charge in [0.05, 0.1) is 4.90 Å². The van der Waals surface area contributed by atoms with Crippen LogP contribution in [0.5, 0.6) is 0 Å². The molecule has 0 aliphatic carbocycles. The molecule has 21 heavy (non-hydrogen) atoms. The molecule has 0 aliphatic rings. The number of aryl methyl sites for hydroxylation is 1. The highest BCUT2D eigenvalue weighted by atomic mass is 79.9. The SMILES string of the molecule is Cc1cc(F)ccc1S(=O)(=O)N(C)Cc1ccccc1Br. The van der Waals surface area contributed by atoms with Crippen molar-refractivity contribution in [3.63, 3.8) is 0 Å². The Morgan fingerprint density at radius 1 is 1.19 bits per heavy atom. The summed E-state index contributed by atoms with van der Waals surface area (Å²) in [5.41, 5.74) is 1.26. The Morgan fingerprint density at radius 3 is 2.48 bits per heavy atom. The fraction of sp³-hybridized carbons (Fsp3) is 0.200. The Balaban J connectivity index is 2.33. The van der Waals surface area contributed by atoms with Gasteiger partial charge in [-0.3, -0.25) is 0 Å². The molecule has 0 spiro atoms. The van der Waals surface area contributed by atoms with E-state index < -0.39 is 15.8 Å². The zero-order valence-corrected chi connectivity index (χ0v) is 14.1. The van der Waals surface area contributed by atoms with Crippen LogP contribution < -0.4 is 0 Å². The van der Waals surface area contributed by atoms with Crippen LogP contribution in [0.25, 0.3) is 0 Å². The van der Waals surface area contributed by atoms with E-state index in [4.69, 9.17) is 0 Å². The molecular weight excluding hydrogens is 357 g/mol. The zero-order chi connectivity index (χ0) is 15.6. The molecule has 0 bridgehead atoms. The summed E-state index contributed by atoms with van der Waals surface area (Å²) in [6.07, 6.45) is 0. The molecule has 3 nitrogen and oxygen atoms in total. The first-order valence-electron chi connectivity index (χ1n) is 6.28. The van der Waals surface area contributed by atoms with Gasteiger partial charge < -0.3 is 0 Å². The minimum atomic E-state index is -3.66. The molecule has 2 aromatic rings. The molecule has 2 aromatic carbocycles. The van der Waals surface area contributed by atoms with Crippen molar-refractivity contribution in [3.8, 4) is 0 Å². The maximum absolute atomic E-state index is 13.1. The van der Waals surface area contributed by atoms with E-state index in [1.165, 1.54) is 23.5 Å². The highest BCUT2D eigenvalue weighted by Gasteiger charge is 2.23. The van der Waals surface area contributed by atoms with Crippen LogP contribution in [-0.4, -0.2) is 19.8 Å². The van der Waals surface area contributed by atoms with Crippen LogP contribution in [-0.2, 0) is 16.6 Å². The van der Waals surface area contributed by atoms with Crippen LogP contribution in [0.4, 0.5) is 4.39 Å². The third-order valence-electron chi connectivity index (χ3n) is 3.18. The molecule has 0 unspecified atom stereocenters. The summed E-state index contributed by atoms with van der Waals surface area (Å²) in [6.45, 7) is 1.82. The van der Waals surface area contributed by atoms with Crippen molar-refractivity contribution in [1.29, 1.82) is 0 Å². The number of benzene rings is 2. The van der Waals surface area contributed by atoms with Gasteiger partial charge in [-0.2, -0.15) is 4.31 Å². The lowest BCUT2D eigenvalue weighted by molar-refractivity contribution is 0.465. The van der Waals surface area contributed by atoms with Crippen LogP contribution in [0.1, 0.15) is 11.1 Å².